The minimum absolute atomic E-state index is 0.0391. The molecule has 0 bridgehead atoms. The van der Waals surface area contributed by atoms with Crippen molar-refractivity contribution in [1.82, 2.24) is 4.90 Å². The number of benzene rings is 1. The lowest BCUT2D eigenvalue weighted by Crippen LogP contribution is -2.34. The van der Waals surface area contributed by atoms with Gasteiger partial charge in [-0.3, -0.25) is 14.5 Å². The maximum atomic E-state index is 13.4. The van der Waals surface area contributed by atoms with Crippen LogP contribution >= 0.6 is 0 Å². The molecule has 1 aliphatic heterocycles. The molecule has 0 radical (unpaired) electrons. The Morgan fingerprint density at radius 3 is 2.72 bits per heavy atom. The maximum Gasteiger partial charge on any atom is 0.252 e. The normalized spacial score (nSPS) is 19.5. The van der Waals surface area contributed by atoms with E-state index in [1.807, 2.05) is 0 Å². The Labute approximate surface area is 103 Å². The van der Waals surface area contributed by atoms with Gasteiger partial charge in [-0.05, 0) is 25.1 Å². The number of nitrogens with zero attached hydrogens (tertiary/aromatic N) is 1. The van der Waals surface area contributed by atoms with Crippen molar-refractivity contribution in [2.45, 2.75) is 19.4 Å². The SMILES string of the molecule is CCN1C(=O)CC(Nc2cc(F)ccc2F)C1=O. The third-order valence-electron chi connectivity index (χ3n) is 2.82. The zero-order valence-electron chi connectivity index (χ0n) is 9.74. The second kappa shape index (κ2) is 4.72. The monoisotopic (exact) mass is 254 g/mol. The third kappa shape index (κ3) is 2.18. The van der Waals surface area contributed by atoms with E-state index in [0.717, 1.165) is 23.1 Å². The number of likely N-dealkylation sites (tertiary alicyclic amines) is 1. The Bertz CT molecular complexity index is 505. The number of rotatable bonds is 3. The van der Waals surface area contributed by atoms with Crippen LogP contribution in [0, 0.1) is 11.6 Å². The van der Waals surface area contributed by atoms with Gasteiger partial charge in [-0.15, -0.1) is 0 Å². The summed E-state index contributed by atoms with van der Waals surface area (Å²) in [5.41, 5.74) is -0.112. The van der Waals surface area contributed by atoms with E-state index < -0.39 is 23.6 Å². The first-order valence-electron chi connectivity index (χ1n) is 5.58. The van der Waals surface area contributed by atoms with E-state index in [1.54, 1.807) is 6.92 Å². The smallest absolute Gasteiger partial charge is 0.252 e. The van der Waals surface area contributed by atoms with Crippen LogP contribution in [0.15, 0.2) is 18.2 Å². The number of hydrogen-bond acceptors (Lipinski definition) is 3. The lowest BCUT2D eigenvalue weighted by atomic mass is 10.2. The number of carbonyl (C=O) groups is 2. The molecule has 96 valence electrons. The van der Waals surface area contributed by atoms with Gasteiger partial charge >= 0.3 is 0 Å². The first-order chi connectivity index (χ1) is 8.52. The molecule has 0 aromatic heterocycles. The van der Waals surface area contributed by atoms with E-state index in [1.165, 1.54) is 0 Å². The van der Waals surface area contributed by atoms with Gasteiger partial charge in [-0.1, -0.05) is 0 Å². The van der Waals surface area contributed by atoms with Crippen molar-refractivity contribution >= 4 is 17.5 Å². The minimum Gasteiger partial charge on any atom is -0.371 e. The van der Waals surface area contributed by atoms with E-state index in [4.69, 9.17) is 0 Å². The number of anilines is 1. The van der Waals surface area contributed by atoms with Crippen LogP contribution in [0.3, 0.4) is 0 Å². The average molecular weight is 254 g/mol. The fraction of sp³-hybridized carbons (Fsp3) is 0.333. The molecule has 1 aromatic carbocycles. The van der Waals surface area contributed by atoms with Crippen molar-refractivity contribution in [3.63, 3.8) is 0 Å². The van der Waals surface area contributed by atoms with Crippen LogP contribution in [-0.4, -0.2) is 29.3 Å². The first kappa shape index (κ1) is 12.5. The summed E-state index contributed by atoms with van der Waals surface area (Å²) in [5.74, 6) is -1.99. The molecule has 1 aromatic rings. The molecule has 0 spiro atoms. The maximum absolute atomic E-state index is 13.4. The molecule has 1 heterocycles. The van der Waals surface area contributed by atoms with Gasteiger partial charge in [-0.2, -0.15) is 0 Å². The van der Waals surface area contributed by atoms with Gasteiger partial charge in [-0.25, -0.2) is 8.78 Å². The van der Waals surface area contributed by atoms with Crippen LogP contribution in [-0.2, 0) is 9.59 Å². The van der Waals surface area contributed by atoms with Crippen molar-refractivity contribution < 1.29 is 18.4 Å². The molecular weight excluding hydrogens is 242 g/mol. The molecule has 4 nitrogen and oxygen atoms in total. The molecule has 6 heteroatoms. The predicted molar refractivity (Wildman–Crippen MR) is 60.8 cm³/mol. The summed E-state index contributed by atoms with van der Waals surface area (Å²) in [6, 6.07) is 2.09. The van der Waals surface area contributed by atoms with E-state index >= 15 is 0 Å². The van der Waals surface area contributed by atoms with Crippen molar-refractivity contribution in [2.75, 3.05) is 11.9 Å². The van der Waals surface area contributed by atoms with Crippen molar-refractivity contribution in [2.24, 2.45) is 0 Å². The second-order valence-corrected chi connectivity index (χ2v) is 4.00. The Kier molecular flexibility index (Phi) is 3.27. The summed E-state index contributed by atoms with van der Waals surface area (Å²) in [6.07, 6.45) is -0.0391. The van der Waals surface area contributed by atoms with Gasteiger partial charge in [0.25, 0.3) is 5.91 Å². The molecule has 1 aliphatic rings. The average Bonchev–Trinajstić information content (AvgIpc) is 2.59. The van der Waals surface area contributed by atoms with E-state index in [9.17, 15) is 18.4 Å². The zero-order chi connectivity index (χ0) is 13.3. The van der Waals surface area contributed by atoms with Gasteiger partial charge in [0.05, 0.1) is 12.1 Å². The molecule has 2 amide bonds. The van der Waals surface area contributed by atoms with Crippen LogP contribution < -0.4 is 5.32 Å². The van der Waals surface area contributed by atoms with E-state index in [2.05, 4.69) is 5.32 Å². The molecule has 18 heavy (non-hydrogen) atoms. The molecule has 1 saturated heterocycles. The Hall–Kier alpha value is -1.98. The summed E-state index contributed by atoms with van der Waals surface area (Å²) < 4.78 is 26.4. The molecule has 1 fully saturated rings. The molecule has 1 unspecified atom stereocenters. The number of halogens is 2. The Morgan fingerprint density at radius 2 is 2.11 bits per heavy atom. The number of amides is 2. The highest BCUT2D eigenvalue weighted by Crippen LogP contribution is 2.21. The highest BCUT2D eigenvalue weighted by molar-refractivity contribution is 6.06. The van der Waals surface area contributed by atoms with Gasteiger partial charge in [0.1, 0.15) is 17.7 Å². The van der Waals surface area contributed by atoms with Gasteiger partial charge in [0.15, 0.2) is 0 Å². The van der Waals surface area contributed by atoms with Crippen LogP contribution in [0.4, 0.5) is 14.5 Å². The van der Waals surface area contributed by atoms with Crippen LogP contribution in [0.2, 0.25) is 0 Å². The number of nitrogens with one attached hydrogen (secondary N) is 1. The number of imide groups is 1. The van der Waals surface area contributed by atoms with Crippen LogP contribution in [0.1, 0.15) is 13.3 Å². The molecule has 2 rings (SSSR count). The van der Waals surface area contributed by atoms with Crippen LogP contribution in [0.5, 0.6) is 0 Å². The van der Waals surface area contributed by atoms with Crippen molar-refractivity contribution in [3.05, 3.63) is 29.8 Å². The van der Waals surface area contributed by atoms with E-state index in [-0.39, 0.29) is 24.6 Å². The summed E-state index contributed by atoms with van der Waals surface area (Å²) >= 11 is 0. The van der Waals surface area contributed by atoms with Crippen LogP contribution in [0.25, 0.3) is 0 Å². The van der Waals surface area contributed by atoms with Crippen molar-refractivity contribution in [3.8, 4) is 0 Å². The highest BCUT2D eigenvalue weighted by Gasteiger charge is 2.37. The summed E-state index contributed by atoms with van der Waals surface area (Å²) in [4.78, 5) is 24.3. The quantitative estimate of drug-likeness (QED) is 0.832. The summed E-state index contributed by atoms with van der Waals surface area (Å²) in [6.45, 7) is 1.96. The summed E-state index contributed by atoms with van der Waals surface area (Å²) in [7, 11) is 0. The fourth-order valence-corrected chi connectivity index (χ4v) is 1.92. The molecule has 1 atom stereocenters. The number of carbonyl (C=O) groups excluding carboxylic acids is 2. The first-order valence-corrected chi connectivity index (χ1v) is 5.58. The lowest BCUT2D eigenvalue weighted by molar-refractivity contribution is -0.138. The van der Waals surface area contributed by atoms with Gasteiger partial charge < -0.3 is 5.32 Å². The lowest BCUT2D eigenvalue weighted by Gasteiger charge is -2.14. The topological polar surface area (TPSA) is 49.4 Å². The van der Waals surface area contributed by atoms with Crippen molar-refractivity contribution in [1.29, 1.82) is 0 Å². The number of likely N-dealkylation sites (N-methyl/N-ethyl adjacent to an activating group) is 1. The molecule has 0 aliphatic carbocycles. The number of hydrogen-bond donors (Lipinski definition) is 1. The summed E-state index contributed by atoms with van der Waals surface area (Å²) in [5, 5.41) is 2.57. The Balaban J connectivity index is 2.18. The largest absolute Gasteiger partial charge is 0.371 e. The predicted octanol–water partition coefficient (Wildman–Crippen LogP) is 1.52. The standard InChI is InChI=1S/C12H12F2N2O2/c1-2-16-11(17)6-10(12(16)18)15-9-5-7(13)3-4-8(9)14/h3-5,10,15H,2,6H2,1H3. The van der Waals surface area contributed by atoms with Gasteiger partial charge in [0.2, 0.25) is 5.91 Å². The Morgan fingerprint density at radius 1 is 1.39 bits per heavy atom. The highest BCUT2D eigenvalue weighted by atomic mass is 19.1. The second-order valence-electron chi connectivity index (χ2n) is 4.00. The molecule has 0 saturated carbocycles. The molecule has 1 N–H and O–H groups in total. The minimum atomic E-state index is -0.825. The van der Waals surface area contributed by atoms with Gasteiger partial charge in [0, 0.05) is 6.54 Å². The van der Waals surface area contributed by atoms with E-state index in [0.29, 0.717) is 0 Å². The fourth-order valence-electron chi connectivity index (χ4n) is 1.92. The zero-order valence-corrected chi connectivity index (χ0v) is 9.74. The third-order valence-corrected chi connectivity index (χ3v) is 2.82. The molecular formula is C12H12F2N2O2.